The number of rotatable bonds is 37. The minimum atomic E-state index is -1.08. The molecule has 26 heteroatoms. The van der Waals surface area contributed by atoms with Crippen molar-refractivity contribution < 1.29 is 72.1 Å². The van der Waals surface area contributed by atoms with Crippen LogP contribution in [-0.4, -0.2) is 193 Å². The highest BCUT2D eigenvalue weighted by molar-refractivity contribution is 6.03. The van der Waals surface area contributed by atoms with Crippen LogP contribution in [0.1, 0.15) is 143 Å². The van der Waals surface area contributed by atoms with Crippen molar-refractivity contribution >= 4 is 71.0 Å². The highest BCUT2D eigenvalue weighted by atomic mass is 16.6. The first kappa shape index (κ1) is 75.7. The summed E-state index contributed by atoms with van der Waals surface area (Å²) in [5.41, 5.74) is 6.73. The Labute approximate surface area is 535 Å². The number of benzene rings is 2. The molecule has 2 aliphatic rings. The van der Waals surface area contributed by atoms with Crippen molar-refractivity contribution in [2.75, 3.05) is 66.4 Å². The van der Waals surface area contributed by atoms with E-state index in [9.17, 15) is 57.8 Å². The summed E-state index contributed by atoms with van der Waals surface area (Å²) in [5.74, 6) is -5.06. The quantitative estimate of drug-likeness (QED) is 0.0348. The zero-order valence-electron chi connectivity index (χ0n) is 55.3. The number of methoxy groups -OCH3 is 2. The van der Waals surface area contributed by atoms with E-state index in [0.717, 1.165) is 4.90 Å². The van der Waals surface area contributed by atoms with Crippen LogP contribution in [0.15, 0.2) is 54.6 Å². The Bertz CT molecular complexity index is 2750. The van der Waals surface area contributed by atoms with Crippen molar-refractivity contribution in [3.63, 3.8) is 0 Å². The minimum absolute atomic E-state index is 0.0703. The number of likely N-dealkylation sites (N-methyl/N-ethyl adjacent to an activating group) is 2. The number of hydrogen-bond acceptors (Lipinski definition) is 15. The van der Waals surface area contributed by atoms with Crippen LogP contribution in [0.2, 0.25) is 0 Å². The SMILES string of the molecule is CC[C@H](C)[C@@H]([C@@H](CC(=O)N1CCC[C@H]1[C@H](OC)[C@@H](C)C(=O)N[C@H](C)[C@@H](O)c1ccccc1)OC)N(C)C(=O)CNC(=O)C(C(C)C)N(C)C(=O)OCc1ccc(NC(=O)[C@H](CCCNC(N)=O)NC(=O)CNC(=O)CCCCCN2C(=O)CC(C(C)C)C2=O)cc1. The molecule has 12 amide bonds. The monoisotopic (exact) mass is 1280 g/mol. The lowest BCUT2D eigenvalue weighted by molar-refractivity contribution is -0.146. The van der Waals surface area contributed by atoms with Gasteiger partial charge in [-0.15, -0.1) is 0 Å². The Kier molecular flexibility index (Phi) is 31.3. The predicted octanol–water partition coefficient (Wildman–Crippen LogP) is 4.13. The number of anilines is 1. The fourth-order valence-corrected chi connectivity index (χ4v) is 11.8. The third kappa shape index (κ3) is 22.9. The van der Waals surface area contributed by atoms with E-state index in [2.05, 4.69) is 31.9 Å². The molecule has 0 aromatic heterocycles. The van der Waals surface area contributed by atoms with Gasteiger partial charge in [0.2, 0.25) is 53.2 Å². The molecule has 2 heterocycles. The molecule has 0 aliphatic carbocycles. The molecule has 11 atom stereocenters. The fourth-order valence-electron chi connectivity index (χ4n) is 11.8. The van der Waals surface area contributed by atoms with Gasteiger partial charge >= 0.3 is 12.1 Å². The van der Waals surface area contributed by atoms with E-state index < -0.39 is 115 Å². The molecule has 2 aromatic carbocycles. The van der Waals surface area contributed by atoms with Gasteiger partial charge in [-0.05, 0) is 86.5 Å². The maximum absolute atomic E-state index is 14.3. The van der Waals surface area contributed by atoms with E-state index in [-0.39, 0.29) is 86.6 Å². The summed E-state index contributed by atoms with van der Waals surface area (Å²) in [7, 11) is 6.00. The number of aliphatic hydroxyl groups is 1. The normalized spacial score (nSPS) is 17.8. The Morgan fingerprint density at radius 2 is 1.45 bits per heavy atom. The maximum Gasteiger partial charge on any atom is 0.410 e. The molecule has 0 saturated carbocycles. The predicted molar refractivity (Wildman–Crippen MR) is 340 cm³/mol. The standard InChI is InChI=1S/C65H101N11O15/c1-13-41(6)57(50(89-11)35-54(80)75-33-21-25-49(75)59(90-12)42(7)60(83)70-43(8)58(82)45-22-16-14-17-23-45)73(9)55(81)37-69-62(85)56(40(4)5)74(10)65(88)91-38-44-27-29-46(30-28-44)71-61(84)48(24-20-31-67-64(66)87)72-52(78)36-68-51(77)26-18-15-19-32-76-53(79)34-47(39(2)3)63(76)86/h14,16-17,22-23,27-30,39-43,47-50,56-59,82H,13,15,18-21,24-26,31-38H2,1-12H3,(H,68,77)(H,69,85)(H,70,83)(H,71,84)(H,72,78)(H3,66,67,87)/t41-,42+,43+,47?,48-,49-,50+,56?,57-,58+,59+/m0/s1. The van der Waals surface area contributed by atoms with Gasteiger partial charge in [0.15, 0.2) is 0 Å². The van der Waals surface area contributed by atoms with Crippen LogP contribution in [0.4, 0.5) is 15.3 Å². The molecule has 26 nitrogen and oxygen atoms in total. The molecule has 0 bridgehead atoms. The molecule has 506 valence electrons. The lowest BCUT2D eigenvalue weighted by Crippen LogP contribution is -2.56. The van der Waals surface area contributed by atoms with E-state index in [4.69, 9.17) is 19.9 Å². The summed E-state index contributed by atoms with van der Waals surface area (Å²) in [6.07, 6.45) is 0.930. The molecule has 2 saturated heterocycles. The smallest absolute Gasteiger partial charge is 0.410 e. The second kappa shape index (κ2) is 37.6. The second-order valence-electron chi connectivity index (χ2n) is 24.6. The molecule has 0 spiro atoms. The van der Waals surface area contributed by atoms with Crippen LogP contribution in [0.5, 0.6) is 0 Å². The maximum atomic E-state index is 14.3. The average Bonchev–Trinajstić information content (AvgIpc) is 2.33. The summed E-state index contributed by atoms with van der Waals surface area (Å²) in [6.45, 7) is 14.5. The van der Waals surface area contributed by atoms with Crippen molar-refractivity contribution in [1.29, 1.82) is 0 Å². The van der Waals surface area contributed by atoms with Gasteiger partial charge in [0.1, 0.15) is 18.7 Å². The molecule has 0 radical (unpaired) electrons. The summed E-state index contributed by atoms with van der Waals surface area (Å²) < 4.78 is 17.5. The summed E-state index contributed by atoms with van der Waals surface area (Å²) in [5, 5.41) is 26.9. The number of nitrogens with zero attached hydrogens (tertiary/aromatic N) is 4. The molecule has 91 heavy (non-hydrogen) atoms. The Balaban J connectivity index is 1.28. The number of unbranched alkanes of at least 4 members (excludes halogenated alkanes) is 2. The van der Waals surface area contributed by atoms with E-state index in [1.165, 1.54) is 31.1 Å². The lowest BCUT2D eigenvalue weighted by Gasteiger charge is -2.39. The van der Waals surface area contributed by atoms with Crippen molar-refractivity contribution in [1.82, 2.24) is 46.2 Å². The molecule has 2 aliphatic heterocycles. The van der Waals surface area contributed by atoms with Crippen LogP contribution in [0.25, 0.3) is 0 Å². The fraction of sp³-hybridized carbons (Fsp3) is 0.646. The van der Waals surface area contributed by atoms with Crippen LogP contribution in [0, 0.1) is 29.6 Å². The number of nitrogens with two attached hydrogens (primary N) is 1. The van der Waals surface area contributed by atoms with Gasteiger partial charge in [-0.2, -0.15) is 0 Å². The number of hydrogen-bond donors (Lipinski definition) is 8. The van der Waals surface area contributed by atoms with Gasteiger partial charge in [-0.25, -0.2) is 9.59 Å². The van der Waals surface area contributed by atoms with Crippen LogP contribution in [0.3, 0.4) is 0 Å². The number of urea groups is 1. The number of imide groups is 1. The molecule has 2 unspecified atom stereocenters. The molecule has 9 N–H and O–H groups in total. The van der Waals surface area contributed by atoms with E-state index in [0.29, 0.717) is 68.4 Å². The summed E-state index contributed by atoms with van der Waals surface area (Å²) in [6, 6.07) is 10.9. The highest BCUT2D eigenvalue weighted by Crippen LogP contribution is 2.31. The first-order chi connectivity index (χ1) is 43.1. The van der Waals surface area contributed by atoms with Gasteiger partial charge in [0.05, 0.1) is 61.9 Å². The van der Waals surface area contributed by atoms with Crippen LogP contribution >= 0.6 is 0 Å². The zero-order chi connectivity index (χ0) is 67.6. The number of carbonyl (C=O) groups excluding carboxylic acids is 11. The molecule has 2 fully saturated rings. The van der Waals surface area contributed by atoms with Crippen LogP contribution < -0.4 is 37.6 Å². The first-order valence-electron chi connectivity index (χ1n) is 31.8. The molecular weight excluding hydrogens is 1170 g/mol. The average molecular weight is 1280 g/mol. The summed E-state index contributed by atoms with van der Waals surface area (Å²) in [4.78, 5) is 150. The minimum Gasteiger partial charge on any atom is -0.445 e. The van der Waals surface area contributed by atoms with Crippen LogP contribution in [-0.2, 0) is 64.0 Å². The van der Waals surface area contributed by atoms with Crippen molar-refractivity contribution in [2.45, 2.75) is 181 Å². The van der Waals surface area contributed by atoms with Gasteiger partial charge in [-0.1, -0.05) is 104 Å². The number of amides is 12. The van der Waals surface area contributed by atoms with Gasteiger partial charge < -0.3 is 66.8 Å². The van der Waals surface area contributed by atoms with Crippen molar-refractivity contribution in [3.05, 3.63) is 65.7 Å². The van der Waals surface area contributed by atoms with E-state index in [1.807, 2.05) is 45.9 Å². The Morgan fingerprint density at radius 3 is 2.05 bits per heavy atom. The van der Waals surface area contributed by atoms with E-state index >= 15 is 0 Å². The molecular formula is C65H101N11O15. The van der Waals surface area contributed by atoms with Crippen molar-refractivity contribution in [3.8, 4) is 0 Å². The third-order valence-corrected chi connectivity index (χ3v) is 17.3. The number of nitrogens with one attached hydrogen (secondary N) is 6. The number of ether oxygens (including phenoxy) is 3. The third-order valence-electron chi connectivity index (χ3n) is 17.3. The second-order valence-corrected chi connectivity index (χ2v) is 24.6. The molecule has 2 aromatic rings. The molecule has 4 rings (SSSR count). The Morgan fingerprint density at radius 1 is 0.769 bits per heavy atom. The zero-order valence-corrected chi connectivity index (χ0v) is 55.3. The summed E-state index contributed by atoms with van der Waals surface area (Å²) >= 11 is 0. The van der Waals surface area contributed by atoms with Gasteiger partial charge in [-0.3, -0.25) is 53.0 Å². The van der Waals surface area contributed by atoms with E-state index in [1.54, 1.807) is 76.0 Å². The first-order valence-corrected chi connectivity index (χ1v) is 31.8. The highest BCUT2D eigenvalue weighted by Gasteiger charge is 2.43. The number of carbonyl (C=O) groups is 11. The number of likely N-dealkylation sites (tertiary alicyclic amines) is 2. The van der Waals surface area contributed by atoms with Crippen molar-refractivity contribution in [2.24, 2.45) is 35.3 Å². The number of primary amides is 1. The lowest BCUT2D eigenvalue weighted by atomic mass is 9.90. The Hall–Kier alpha value is -7.71. The van der Waals surface area contributed by atoms with Gasteiger partial charge in [0, 0.05) is 72.4 Å². The number of aliphatic hydroxyl groups excluding tert-OH is 1. The van der Waals surface area contributed by atoms with Gasteiger partial charge in [0.25, 0.3) is 0 Å². The topological polar surface area (TPSA) is 347 Å². The largest absolute Gasteiger partial charge is 0.445 e.